The lowest BCUT2D eigenvalue weighted by atomic mass is 10.1. The van der Waals surface area contributed by atoms with Gasteiger partial charge in [0, 0.05) is 45.3 Å². The Hall–Kier alpha value is -3.73. The molecule has 2 aliphatic rings. The van der Waals surface area contributed by atoms with Crippen LogP contribution in [0, 0.1) is 18.3 Å². The summed E-state index contributed by atoms with van der Waals surface area (Å²) in [5.74, 6) is 0.197. The number of pyridine rings is 1. The maximum atomic E-state index is 12.6. The molecule has 1 fully saturated rings. The van der Waals surface area contributed by atoms with E-state index in [1.54, 1.807) is 35.4 Å². The van der Waals surface area contributed by atoms with E-state index in [0.29, 0.717) is 49.3 Å². The molecular weight excluding hydrogens is 394 g/mol. The van der Waals surface area contributed by atoms with E-state index in [-0.39, 0.29) is 30.7 Å². The van der Waals surface area contributed by atoms with Gasteiger partial charge in [0.2, 0.25) is 5.91 Å². The summed E-state index contributed by atoms with van der Waals surface area (Å²) in [6.07, 6.45) is 2.34. The molecule has 2 aromatic rings. The first-order valence-electron chi connectivity index (χ1n) is 10.3. The van der Waals surface area contributed by atoms with E-state index in [1.165, 1.54) is 4.90 Å². The van der Waals surface area contributed by atoms with Gasteiger partial charge < -0.3 is 9.80 Å². The van der Waals surface area contributed by atoms with E-state index in [2.05, 4.69) is 16.0 Å². The van der Waals surface area contributed by atoms with Gasteiger partial charge in [-0.25, -0.2) is 4.98 Å². The molecule has 0 radical (unpaired) electrons. The molecule has 1 saturated heterocycles. The number of piperazine rings is 1. The Kier molecular flexibility index (Phi) is 5.67. The van der Waals surface area contributed by atoms with E-state index in [1.807, 2.05) is 13.0 Å². The number of anilines is 1. The Morgan fingerprint density at radius 1 is 1.06 bits per heavy atom. The molecule has 3 heterocycles. The van der Waals surface area contributed by atoms with Crippen molar-refractivity contribution < 1.29 is 14.4 Å². The third kappa shape index (κ3) is 4.12. The van der Waals surface area contributed by atoms with Crippen LogP contribution in [0.5, 0.6) is 0 Å². The number of nitriles is 1. The van der Waals surface area contributed by atoms with Crippen LogP contribution in [0.1, 0.15) is 44.7 Å². The molecule has 31 heavy (non-hydrogen) atoms. The van der Waals surface area contributed by atoms with Crippen LogP contribution >= 0.6 is 0 Å². The first kappa shape index (κ1) is 20.5. The van der Waals surface area contributed by atoms with E-state index in [4.69, 9.17) is 5.26 Å². The summed E-state index contributed by atoms with van der Waals surface area (Å²) in [6.45, 7) is 4.56. The smallest absolute Gasteiger partial charge is 0.261 e. The normalized spacial score (nSPS) is 15.8. The number of aromatic nitrogens is 1. The molecular formula is C23H23N5O3. The molecule has 1 aromatic heterocycles. The van der Waals surface area contributed by atoms with Crippen molar-refractivity contribution in [3.8, 4) is 6.07 Å². The highest BCUT2D eigenvalue weighted by molar-refractivity contribution is 6.21. The second-order valence-corrected chi connectivity index (χ2v) is 7.80. The van der Waals surface area contributed by atoms with Crippen LogP contribution in [0.15, 0.2) is 36.5 Å². The molecule has 0 unspecified atom stereocenters. The molecule has 0 bridgehead atoms. The van der Waals surface area contributed by atoms with Crippen molar-refractivity contribution in [3.63, 3.8) is 0 Å². The molecule has 0 atom stereocenters. The number of aryl methyl sites for hydroxylation is 1. The van der Waals surface area contributed by atoms with Crippen molar-refractivity contribution in [1.82, 2.24) is 14.8 Å². The van der Waals surface area contributed by atoms with Gasteiger partial charge in [-0.2, -0.15) is 5.26 Å². The number of rotatable bonds is 5. The average molecular weight is 417 g/mol. The quantitative estimate of drug-likeness (QED) is 0.690. The van der Waals surface area contributed by atoms with Gasteiger partial charge in [0.1, 0.15) is 5.82 Å². The summed E-state index contributed by atoms with van der Waals surface area (Å²) in [7, 11) is 0. The summed E-state index contributed by atoms with van der Waals surface area (Å²) in [5, 5.41) is 9.04. The molecule has 0 N–H and O–H groups in total. The van der Waals surface area contributed by atoms with Crippen LogP contribution in [0.4, 0.5) is 5.82 Å². The second kappa shape index (κ2) is 8.56. The number of hydrogen-bond donors (Lipinski definition) is 0. The number of imide groups is 1. The summed E-state index contributed by atoms with van der Waals surface area (Å²) in [5.41, 5.74) is 2.38. The van der Waals surface area contributed by atoms with Crippen molar-refractivity contribution in [2.24, 2.45) is 0 Å². The van der Waals surface area contributed by atoms with Crippen molar-refractivity contribution in [1.29, 1.82) is 5.26 Å². The molecule has 2 aliphatic heterocycles. The Bertz CT molecular complexity index is 1080. The highest BCUT2D eigenvalue weighted by atomic mass is 16.2. The number of carbonyl (C=O) groups excluding carboxylic acids is 3. The van der Waals surface area contributed by atoms with Crippen LogP contribution in [0.25, 0.3) is 0 Å². The van der Waals surface area contributed by atoms with Gasteiger partial charge >= 0.3 is 0 Å². The van der Waals surface area contributed by atoms with E-state index < -0.39 is 0 Å². The molecule has 0 saturated carbocycles. The SMILES string of the molecule is Cc1ccc2c(c1)C(=O)N(CCCC(=O)N1CCN(c3cc(C#N)ccn3)CC1)C2=O. The number of nitrogens with zero attached hydrogens (tertiary/aromatic N) is 5. The molecule has 3 amide bonds. The maximum Gasteiger partial charge on any atom is 0.261 e. The molecule has 4 rings (SSSR count). The summed E-state index contributed by atoms with van der Waals surface area (Å²) in [4.78, 5) is 47.0. The number of carbonyl (C=O) groups is 3. The van der Waals surface area contributed by atoms with Crippen molar-refractivity contribution in [3.05, 3.63) is 58.8 Å². The minimum atomic E-state index is -0.284. The monoisotopic (exact) mass is 417 g/mol. The fourth-order valence-corrected chi connectivity index (χ4v) is 4.00. The van der Waals surface area contributed by atoms with Crippen LogP contribution in [0.2, 0.25) is 0 Å². The molecule has 0 spiro atoms. The lowest BCUT2D eigenvalue weighted by molar-refractivity contribution is -0.131. The molecule has 8 nitrogen and oxygen atoms in total. The number of benzene rings is 1. The van der Waals surface area contributed by atoms with Gasteiger partial charge in [-0.1, -0.05) is 11.6 Å². The second-order valence-electron chi connectivity index (χ2n) is 7.80. The molecule has 8 heteroatoms. The van der Waals surface area contributed by atoms with Gasteiger partial charge in [0.05, 0.1) is 22.8 Å². The van der Waals surface area contributed by atoms with Crippen LogP contribution < -0.4 is 4.90 Å². The van der Waals surface area contributed by atoms with Gasteiger partial charge in [-0.3, -0.25) is 19.3 Å². The van der Waals surface area contributed by atoms with Crippen molar-refractivity contribution >= 4 is 23.5 Å². The minimum Gasteiger partial charge on any atom is -0.353 e. The van der Waals surface area contributed by atoms with Gasteiger partial charge in [-0.15, -0.1) is 0 Å². The van der Waals surface area contributed by atoms with Crippen molar-refractivity contribution in [2.45, 2.75) is 19.8 Å². The topological polar surface area (TPSA) is 97.6 Å². The standard InChI is InChI=1S/C23H23N5O3/c1-16-4-5-18-19(13-16)23(31)28(22(18)30)8-2-3-21(29)27-11-9-26(10-12-27)20-14-17(15-24)6-7-25-20/h4-7,13-14H,2-3,8-12H2,1H3. The zero-order valence-corrected chi connectivity index (χ0v) is 17.4. The Labute approximate surface area is 180 Å². The fraction of sp³-hybridized carbons (Fsp3) is 0.348. The van der Waals surface area contributed by atoms with E-state index in [0.717, 1.165) is 11.4 Å². The predicted octanol–water partition coefficient (Wildman–Crippen LogP) is 1.99. The predicted molar refractivity (Wildman–Crippen MR) is 114 cm³/mol. The highest BCUT2D eigenvalue weighted by Crippen LogP contribution is 2.24. The largest absolute Gasteiger partial charge is 0.353 e. The van der Waals surface area contributed by atoms with Gasteiger partial charge in [0.25, 0.3) is 11.8 Å². The zero-order chi connectivity index (χ0) is 22.0. The van der Waals surface area contributed by atoms with Crippen LogP contribution in [-0.4, -0.2) is 65.2 Å². The van der Waals surface area contributed by atoms with Crippen LogP contribution in [-0.2, 0) is 4.79 Å². The third-order valence-corrected chi connectivity index (χ3v) is 5.73. The zero-order valence-electron chi connectivity index (χ0n) is 17.4. The number of amides is 3. The fourth-order valence-electron chi connectivity index (χ4n) is 4.00. The Balaban J connectivity index is 1.26. The summed E-state index contributed by atoms with van der Waals surface area (Å²) < 4.78 is 0. The van der Waals surface area contributed by atoms with Crippen LogP contribution in [0.3, 0.4) is 0 Å². The van der Waals surface area contributed by atoms with Gasteiger partial charge in [-0.05, 0) is 37.6 Å². The Morgan fingerprint density at radius 3 is 2.55 bits per heavy atom. The lowest BCUT2D eigenvalue weighted by Gasteiger charge is -2.35. The minimum absolute atomic E-state index is 0.0193. The molecule has 0 aliphatic carbocycles. The number of hydrogen-bond acceptors (Lipinski definition) is 6. The van der Waals surface area contributed by atoms with Crippen molar-refractivity contribution in [2.75, 3.05) is 37.6 Å². The average Bonchev–Trinajstić information content (AvgIpc) is 3.03. The third-order valence-electron chi connectivity index (χ3n) is 5.73. The van der Waals surface area contributed by atoms with Gasteiger partial charge in [0.15, 0.2) is 0 Å². The summed E-state index contributed by atoms with van der Waals surface area (Å²) in [6, 6.07) is 10.8. The lowest BCUT2D eigenvalue weighted by Crippen LogP contribution is -2.49. The highest BCUT2D eigenvalue weighted by Gasteiger charge is 2.35. The van der Waals surface area contributed by atoms with E-state index in [9.17, 15) is 14.4 Å². The first-order chi connectivity index (χ1) is 15.0. The maximum absolute atomic E-state index is 12.6. The molecule has 158 valence electrons. The molecule has 1 aromatic carbocycles. The first-order valence-corrected chi connectivity index (χ1v) is 10.3. The summed E-state index contributed by atoms with van der Waals surface area (Å²) >= 11 is 0. The van der Waals surface area contributed by atoms with E-state index >= 15 is 0 Å². The number of fused-ring (bicyclic) bond motifs is 1. The Morgan fingerprint density at radius 2 is 1.81 bits per heavy atom.